The van der Waals surface area contributed by atoms with E-state index < -0.39 is 13.0 Å². The summed E-state index contributed by atoms with van der Waals surface area (Å²) in [6.45, 7) is 3.06. The standard InChI is InChI=1S/C3H6O.Mn.H2O.3O/c1-3(2)4;;;;;/h1-2H3;;1H2;;;/q;+1;;;;/p-1. The van der Waals surface area contributed by atoms with Crippen molar-refractivity contribution in [3.63, 3.8) is 0 Å². The van der Waals surface area contributed by atoms with Crippen molar-refractivity contribution in [2.45, 2.75) is 13.8 Å². The molecule has 0 aromatic heterocycles. The molecule has 56 valence electrons. The Bertz CT molecular complexity index is 198. The normalized spacial score (nSPS) is 9.22. The Morgan fingerprint density at radius 2 is 1.22 bits per heavy atom. The minimum absolute atomic E-state index is 0.167. The second kappa shape index (κ2) is 4.43. The zero-order valence-electron chi connectivity index (χ0n) is 4.96. The van der Waals surface area contributed by atoms with E-state index in [-0.39, 0.29) is 5.78 Å². The summed E-state index contributed by atoms with van der Waals surface area (Å²) in [5.41, 5.74) is 0. The molecule has 9 heavy (non-hydrogen) atoms. The van der Waals surface area contributed by atoms with Gasteiger partial charge in [-0.05, 0) is 13.8 Å². The first-order chi connectivity index (χ1) is 3.73. The number of ketones is 1. The molecule has 0 saturated carbocycles. The van der Waals surface area contributed by atoms with Gasteiger partial charge in [0, 0.05) is 0 Å². The third kappa shape index (κ3) is 1150. The van der Waals surface area contributed by atoms with Crippen LogP contribution in [-0.4, -0.2) is 9.97 Å². The van der Waals surface area contributed by atoms with E-state index in [0.29, 0.717) is 0 Å². The summed E-state index contributed by atoms with van der Waals surface area (Å²) in [6, 6.07) is 0. The predicted molar refractivity (Wildman–Crippen MR) is 20.6 cm³/mol. The first-order valence-corrected chi connectivity index (χ1v) is 3.81. The molecule has 0 radical (unpaired) electrons. The maximum atomic E-state index is 9.44. The minimum atomic E-state index is -5.38. The summed E-state index contributed by atoms with van der Waals surface area (Å²) in [4.78, 5) is 9.44. The Morgan fingerprint density at radius 3 is 1.22 bits per heavy atom. The summed E-state index contributed by atoms with van der Waals surface area (Å²) in [5, 5.41) is 0. The molecule has 0 amide bonds. The quantitative estimate of drug-likeness (QED) is 0.513. The molecule has 0 aliphatic rings. The molecule has 0 spiro atoms. The van der Waals surface area contributed by atoms with Crippen molar-refractivity contribution in [2.75, 3.05) is 0 Å². The van der Waals surface area contributed by atoms with Crippen LogP contribution in [0.25, 0.3) is 0 Å². The van der Waals surface area contributed by atoms with Gasteiger partial charge in [0.2, 0.25) is 0 Å². The van der Waals surface area contributed by atoms with Crippen LogP contribution in [0.5, 0.6) is 0 Å². The molecule has 0 aliphatic heterocycles. The van der Waals surface area contributed by atoms with E-state index in [2.05, 4.69) is 0 Å². The van der Waals surface area contributed by atoms with E-state index in [0.717, 1.165) is 0 Å². The molecular formula is C3H7MnO5. The summed E-state index contributed by atoms with van der Waals surface area (Å²) >= 11 is -5.38. The topological polar surface area (TPSA) is 88.5 Å². The van der Waals surface area contributed by atoms with E-state index in [1.54, 1.807) is 0 Å². The molecule has 0 saturated heterocycles. The molecule has 6 heteroatoms. The van der Waals surface area contributed by atoms with E-state index >= 15 is 0 Å². The van der Waals surface area contributed by atoms with Gasteiger partial charge < -0.3 is 4.79 Å². The number of hydrogen-bond acceptors (Lipinski definition) is 4. The fourth-order valence-corrected chi connectivity index (χ4v) is 0. The van der Waals surface area contributed by atoms with Crippen molar-refractivity contribution in [2.24, 2.45) is 0 Å². The zero-order chi connectivity index (χ0) is 8.08. The molecule has 0 aromatic rings. The third-order valence-electron chi connectivity index (χ3n) is 0. The first-order valence-electron chi connectivity index (χ1n) is 1.84. The number of carbonyl (C=O) groups is 1. The molecule has 0 aliphatic carbocycles. The third-order valence-corrected chi connectivity index (χ3v) is 0. The van der Waals surface area contributed by atoms with Crippen molar-refractivity contribution < 1.29 is 33.5 Å². The van der Waals surface area contributed by atoms with Crippen LogP contribution >= 0.6 is 0 Å². The van der Waals surface area contributed by atoms with E-state index in [1.165, 1.54) is 13.8 Å². The fourth-order valence-electron chi connectivity index (χ4n) is 0. The van der Waals surface area contributed by atoms with Gasteiger partial charge in [-0.1, -0.05) is 0 Å². The van der Waals surface area contributed by atoms with Crippen LogP contribution in [0.1, 0.15) is 13.8 Å². The molecule has 0 fully saturated rings. The molecule has 0 rings (SSSR count). The maximum absolute atomic E-state index is 9.44. The van der Waals surface area contributed by atoms with Crippen LogP contribution in [0.15, 0.2) is 0 Å². The van der Waals surface area contributed by atoms with Crippen LogP contribution < -0.4 is 0 Å². The van der Waals surface area contributed by atoms with Crippen molar-refractivity contribution in [3.05, 3.63) is 0 Å². The number of hydrogen-bond donors (Lipinski definition) is 1. The van der Waals surface area contributed by atoms with Gasteiger partial charge in [-0.3, -0.25) is 0 Å². The molecule has 0 heterocycles. The second-order valence-electron chi connectivity index (χ2n) is 1.30. The Labute approximate surface area is 53.8 Å². The van der Waals surface area contributed by atoms with Crippen LogP contribution in [-0.2, 0) is 29.3 Å². The van der Waals surface area contributed by atoms with Crippen LogP contribution in [0.4, 0.5) is 0 Å². The molecule has 1 N–H and O–H groups in total. The fraction of sp³-hybridized carbons (Fsp3) is 0.667. The van der Waals surface area contributed by atoms with E-state index in [1.807, 2.05) is 0 Å². The van der Waals surface area contributed by atoms with Gasteiger partial charge >= 0.3 is 28.7 Å². The molecule has 0 unspecified atom stereocenters. The predicted octanol–water partition coefficient (Wildman–Crippen LogP) is -0.321. The van der Waals surface area contributed by atoms with Crippen molar-refractivity contribution >= 4 is 5.78 Å². The Balaban J connectivity index is 0. The average molecular weight is 178 g/mol. The monoisotopic (exact) mass is 178 g/mol. The number of Topliss-reactive ketones (excluding diaryl/α,β-unsaturated/α-hetero) is 1. The second-order valence-corrected chi connectivity index (χ2v) is 2.54. The zero-order valence-corrected chi connectivity index (χ0v) is 6.14. The van der Waals surface area contributed by atoms with Crippen molar-refractivity contribution in [1.29, 1.82) is 0 Å². The van der Waals surface area contributed by atoms with Crippen LogP contribution in [0.2, 0.25) is 0 Å². The van der Waals surface area contributed by atoms with Gasteiger partial charge in [-0.25, -0.2) is 0 Å². The van der Waals surface area contributed by atoms with Gasteiger partial charge in [0.05, 0.1) is 0 Å². The molecule has 5 nitrogen and oxygen atoms in total. The van der Waals surface area contributed by atoms with E-state index in [4.69, 9.17) is 15.7 Å². The first kappa shape index (κ1) is 11.4. The van der Waals surface area contributed by atoms with Gasteiger partial charge in [-0.2, -0.15) is 0 Å². The Morgan fingerprint density at radius 1 is 1.22 bits per heavy atom. The van der Waals surface area contributed by atoms with E-state index in [9.17, 15) is 4.79 Å². The number of carbonyl (C=O) groups excluding carboxylic acids is 1. The molecule has 0 bridgehead atoms. The Hall–Kier alpha value is -0.451. The summed E-state index contributed by atoms with van der Waals surface area (Å²) in [7, 11) is 0. The van der Waals surface area contributed by atoms with Gasteiger partial charge in [-0.15, -0.1) is 0 Å². The number of rotatable bonds is 0. The van der Waals surface area contributed by atoms with Gasteiger partial charge in [0.25, 0.3) is 0 Å². The summed E-state index contributed by atoms with van der Waals surface area (Å²) < 4.78 is 33.1. The Kier molecular flexibility index (Phi) is 5.59. The van der Waals surface area contributed by atoms with Crippen molar-refractivity contribution in [1.82, 2.24) is 0 Å². The van der Waals surface area contributed by atoms with Gasteiger partial charge in [0.1, 0.15) is 5.78 Å². The average Bonchev–Trinajstić information content (AvgIpc) is 1.19. The summed E-state index contributed by atoms with van der Waals surface area (Å²) in [6.07, 6.45) is 0. The molecule has 0 atom stereocenters. The summed E-state index contributed by atoms with van der Waals surface area (Å²) in [5.74, 6) is 0.167. The van der Waals surface area contributed by atoms with Crippen LogP contribution in [0.3, 0.4) is 0 Å². The molecule has 0 aromatic carbocycles. The molecular weight excluding hydrogens is 171 g/mol. The van der Waals surface area contributed by atoms with Crippen LogP contribution in [0, 0.1) is 0 Å². The van der Waals surface area contributed by atoms with Crippen molar-refractivity contribution in [3.8, 4) is 0 Å². The van der Waals surface area contributed by atoms with Gasteiger partial charge in [0.15, 0.2) is 0 Å². The SMILES string of the molecule is CC(C)=O.[O]=[Mn](=[O])(=[O])[OH].